The fourth-order valence-corrected chi connectivity index (χ4v) is 8.28. The van der Waals surface area contributed by atoms with Gasteiger partial charge in [0.1, 0.15) is 11.2 Å². The molecule has 2 heterocycles. The van der Waals surface area contributed by atoms with Gasteiger partial charge in [-0.25, -0.2) is 0 Å². The van der Waals surface area contributed by atoms with Crippen LogP contribution in [-0.4, -0.2) is 4.57 Å². The van der Waals surface area contributed by atoms with Crippen molar-refractivity contribution in [2.75, 3.05) is 4.90 Å². The van der Waals surface area contributed by atoms with Gasteiger partial charge in [-0.3, -0.25) is 0 Å². The predicted molar refractivity (Wildman–Crippen MR) is 215 cm³/mol. The average molecular weight is 651 g/mol. The lowest BCUT2D eigenvalue weighted by molar-refractivity contribution is 0.669. The van der Waals surface area contributed by atoms with Gasteiger partial charge in [0, 0.05) is 50.1 Å². The second-order valence-electron chi connectivity index (χ2n) is 13.3. The zero-order valence-corrected chi connectivity index (χ0v) is 27.6. The van der Waals surface area contributed by atoms with E-state index in [9.17, 15) is 0 Å². The normalized spacial score (nSPS) is 11.9. The van der Waals surface area contributed by atoms with Crippen LogP contribution in [0.5, 0.6) is 0 Å². The Labute approximate surface area is 293 Å². The van der Waals surface area contributed by atoms with E-state index >= 15 is 0 Å². The molecule has 0 bridgehead atoms. The van der Waals surface area contributed by atoms with Gasteiger partial charge < -0.3 is 13.9 Å². The maximum absolute atomic E-state index is 6.48. The van der Waals surface area contributed by atoms with E-state index in [-0.39, 0.29) is 0 Å². The monoisotopic (exact) mass is 650 g/mol. The first-order valence-corrected chi connectivity index (χ1v) is 17.4. The van der Waals surface area contributed by atoms with Gasteiger partial charge in [0.05, 0.1) is 16.7 Å². The molecule has 2 aromatic heterocycles. The second kappa shape index (κ2) is 10.8. The Morgan fingerprint density at radius 1 is 0.373 bits per heavy atom. The molecule has 0 atom stereocenters. The summed E-state index contributed by atoms with van der Waals surface area (Å²) < 4.78 is 8.87. The number of fused-ring (bicyclic) bond motifs is 11. The van der Waals surface area contributed by atoms with E-state index < -0.39 is 0 Å². The maximum Gasteiger partial charge on any atom is 0.137 e. The number of benzene rings is 9. The number of nitrogens with zero attached hydrogens (tertiary/aromatic N) is 2. The molecule has 0 saturated heterocycles. The molecule has 0 saturated carbocycles. The molecule has 11 rings (SSSR count). The van der Waals surface area contributed by atoms with E-state index in [1.807, 2.05) is 12.1 Å². The standard InChI is InChI=1S/C48H30N2O/c1-2-13-33(14-3-1)50-43-20-10-8-16-37(43)39-26-24-34(29-45(39)50)49(35-25-27-41-40-18-9-11-21-46(40)51-47(41)30-35)44-28-32-23-22-31-12-4-5-15-36(31)48(32)42-19-7-6-17-38(42)44/h1-30H. The lowest BCUT2D eigenvalue weighted by Crippen LogP contribution is -2.11. The van der Waals surface area contributed by atoms with E-state index in [0.29, 0.717) is 0 Å². The van der Waals surface area contributed by atoms with Crippen molar-refractivity contribution in [3.05, 3.63) is 182 Å². The maximum atomic E-state index is 6.48. The van der Waals surface area contributed by atoms with E-state index in [1.54, 1.807) is 0 Å². The summed E-state index contributed by atoms with van der Waals surface area (Å²) in [6.07, 6.45) is 0. The van der Waals surface area contributed by atoms with Crippen LogP contribution in [0.25, 0.3) is 81.7 Å². The summed E-state index contributed by atoms with van der Waals surface area (Å²) in [5.41, 5.74) is 8.48. The summed E-state index contributed by atoms with van der Waals surface area (Å²) in [6, 6.07) is 65.6. The number of para-hydroxylation sites is 3. The van der Waals surface area contributed by atoms with E-state index in [0.717, 1.165) is 50.2 Å². The molecule has 0 N–H and O–H groups in total. The van der Waals surface area contributed by atoms with Crippen molar-refractivity contribution in [1.29, 1.82) is 0 Å². The largest absolute Gasteiger partial charge is 0.456 e. The van der Waals surface area contributed by atoms with Crippen molar-refractivity contribution in [3.63, 3.8) is 0 Å². The van der Waals surface area contributed by atoms with Crippen molar-refractivity contribution in [1.82, 2.24) is 4.57 Å². The zero-order valence-electron chi connectivity index (χ0n) is 27.6. The van der Waals surface area contributed by atoms with Crippen LogP contribution in [0, 0.1) is 0 Å². The highest BCUT2D eigenvalue weighted by atomic mass is 16.3. The van der Waals surface area contributed by atoms with Gasteiger partial charge in [-0.2, -0.15) is 0 Å². The Morgan fingerprint density at radius 2 is 0.980 bits per heavy atom. The summed E-state index contributed by atoms with van der Waals surface area (Å²) in [5, 5.41) is 12.1. The van der Waals surface area contributed by atoms with Gasteiger partial charge in [0.15, 0.2) is 0 Å². The molecule has 0 aliphatic carbocycles. The highest BCUT2D eigenvalue weighted by Crippen LogP contribution is 2.46. The van der Waals surface area contributed by atoms with Crippen LogP contribution in [0.3, 0.4) is 0 Å². The molecule has 0 radical (unpaired) electrons. The van der Waals surface area contributed by atoms with E-state index in [4.69, 9.17) is 4.42 Å². The van der Waals surface area contributed by atoms with Crippen LogP contribution in [0.1, 0.15) is 0 Å². The number of aromatic nitrogens is 1. The minimum atomic E-state index is 0.870. The number of anilines is 3. The van der Waals surface area contributed by atoms with Gasteiger partial charge in [-0.05, 0) is 81.5 Å². The van der Waals surface area contributed by atoms with Crippen LogP contribution in [0.15, 0.2) is 186 Å². The van der Waals surface area contributed by atoms with Crippen LogP contribution in [0.4, 0.5) is 17.1 Å². The summed E-state index contributed by atoms with van der Waals surface area (Å²) in [7, 11) is 0. The van der Waals surface area contributed by atoms with Crippen LogP contribution in [-0.2, 0) is 0 Å². The molecule has 9 aromatic carbocycles. The fourth-order valence-electron chi connectivity index (χ4n) is 8.28. The van der Waals surface area contributed by atoms with Crippen LogP contribution >= 0.6 is 0 Å². The Hall–Kier alpha value is -6.84. The number of furan rings is 1. The molecule has 0 spiro atoms. The van der Waals surface area contributed by atoms with Gasteiger partial charge in [0.25, 0.3) is 0 Å². The molecule has 0 unspecified atom stereocenters. The van der Waals surface area contributed by atoms with Crippen molar-refractivity contribution >= 4 is 93.1 Å². The van der Waals surface area contributed by atoms with Crippen molar-refractivity contribution in [2.24, 2.45) is 0 Å². The summed E-state index contributed by atoms with van der Waals surface area (Å²) in [4.78, 5) is 2.41. The number of rotatable bonds is 4. The first-order valence-electron chi connectivity index (χ1n) is 17.4. The third-order valence-corrected chi connectivity index (χ3v) is 10.5. The highest BCUT2D eigenvalue weighted by molar-refractivity contribution is 6.24. The topological polar surface area (TPSA) is 21.3 Å². The van der Waals surface area contributed by atoms with Crippen molar-refractivity contribution in [3.8, 4) is 5.69 Å². The molecule has 0 amide bonds. The smallest absolute Gasteiger partial charge is 0.137 e. The van der Waals surface area contributed by atoms with E-state index in [1.165, 1.54) is 48.6 Å². The molecule has 0 aliphatic heterocycles. The second-order valence-corrected chi connectivity index (χ2v) is 13.3. The van der Waals surface area contributed by atoms with E-state index in [2.05, 4.69) is 179 Å². The summed E-state index contributed by atoms with van der Waals surface area (Å²) in [6.45, 7) is 0. The first-order chi connectivity index (χ1) is 25.3. The quantitative estimate of drug-likeness (QED) is 0.177. The van der Waals surface area contributed by atoms with Crippen LogP contribution < -0.4 is 4.90 Å². The van der Waals surface area contributed by atoms with Gasteiger partial charge in [0.2, 0.25) is 0 Å². The molecule has 0 fully saturated rings. The van der Waals surface area contributed by atoms with Gasteiger partial charge in [-0.1, -0.05) is 121 Å². The Bertz CT molecular complexity index is 3150. The fraction of sp³-hybridized carbons (Fsp3) is 0. The minimum absolute atomic E-state index is 0.870. The van der Waals surface area contributed by atoms with Crippen molar-refractivity contribution < 1.29 is 4.42 Å². The molecule has 0 aliphatic rings. The summed E-state index contributed by atoms with van der Waals surface area (Å²) >= 11 is 0. The molecular formula is C48H30N2O. The Morgan fingerprint density at radius 3 is 1.84 bits per heavy atom. The minimum Gasteiger partial charge on any atom is -0.456 e. The molecule has 238 valence electrons. The molecule has 11 aromatic rings. The molecule has 51 heavy (non-hydrogen) atoms. The van der Waals surface area contributed by atoms with Gasteiger partial charge >= 0.3 is 0 Å². The van der Waals surface area contributed by atoms with Gasteiger partial charge in [-0.15, -0.1) is 0 Å². The molecule has 3 nitrogen and oxygen atoms in total. The third kappa shape index (κ3) is 4.19. The van der Waals surface area contributed by atoms with Crippen LogP contribution in [0.2, 0.25) is 0 Å². The highest BCUT2D eigenvalue weighted by Gasteiger charge is 2.22. The Kier molecular flexibility index (Phi) is 5.96. The molecule has 3 heteroatoms. The zero-order chi connectivity index (χ0) is 33.5. The average Bonchev–Trinajstić information content (AvgIpc) is 3.73. The summed E-state index contributed by atoms with van der Waals surface area (Å²) in [5.74, 6) is 0. The lowest BCUT2D eigenvalue weighted by Gasteiger charge is -2.28. The number of hydrogen-bond donors (Lipinski definition) is 0. The predicted octanol–water partition coefficient (Wildman–Crippen LogP) is 13.6. The molecular weight excluding hydrogens is 621 g/mol. The number of hydrogen-bond acceptors (Lipinski definition) is 2. The Balaban J connectivity index is 1.24. The first kappa shape index (κ1) is 28.0. The lowest BCUT2D eigenvalue weighted by atomic mass is 9.94. The third-order valence-electron chi connectivity index (χ3n) is 10.5. The van der Waals surface area contributed by atoms with Crippen molar-refractivity contribution in [2.45, 2.75) is 0 Å². The SMILES string of the molecule is c1ccc(-n2c3ccccc3c3ccc(N(c4ccc5c(c4)oc4ccccc45)c4cc5ccc6ccccc6c5c5ccccc45)cc32)cc1.